The number of pyridine rings is 1. The molecule has 0 aliphatic carbocycles. The third kappa shape index (κ3) is 15.1. The Morgan fingerprint density at radius 2 is 1.22 bits per heavy atom. The van der Waals surface area contributed by atoms with Crippen LogP contribution in [0.2, 0.25) is 0 Å². The van der Waals surface area contributed by atoms with Crippen LogP contribution in [0.1, 0.15) is 101 Å². The first-order valence-electron chi connectivity index (χ1n) is 24.3. The number of rotatable bonds is 10. The molecule has 10 bridgehead atoms. The molecule has 3 atom stereocenters. The summed E-state index contributed by atoms with van der Waals surface area (Å²) in [6.45, 7) is 25.0. The van der Waals surface area contributed by atoms with Gasteiger partial charge < -0.3 is 72.2 Å². The van der Waals surface area contributed by atoms with Crippen molar-refractivity contribution in [2.45, 2.75) is 45.5 Å². The van der Waals surface area contributed by atoms with Crippen LogP contribution in [0.25, 0.3) is 33.4 Å². The Morgan fingerprint density at radius 3 is 1.88 bits per heavy atom. The van der Waals surface area contributed by atoms with Gasteiger partial charge in [0.1, 0.15) is 73.5 Å². The second kappa shape index (κ2) is 26.8. The normalized spacial score (nSPS) is 16.1. The fraction of sp³-hybridized carbons (Fsp3) is 0.135. The number of aromatic nitrogens is 6. The van der Waals surface area contributed by atoms with E-state index < -0.39 is 117 Å². The van der Waals surface area contributed by atoms with Gasteiger partial charge in [-0.2, -0.15) is 0 Å². The van der Waals surface area contributed by atoms with Crippen molar-refractivity contribution in [3.05, 3.63) is 165 Å². The highest BCUT2D eigenvalue weighted by atomic mass is 32.1. The number of hydrogen-bond donors (Lipinski definition) is 12. The number of nitrogens with zero attached hydrogens (tertiary/aromatic N) is 6. The van der Waals surface area contributed by atoms with Crippen LogP contribution in [0.5, 0.6) is 0 Å². The van der Waals surface area contributed by atoms with Gasteiger partial charge in [-0.05, 0) is 32.9 Å². The Kier molecular flexibility index (Phi) is 19.4. The molecule has 10 amide bonds. The third-order valence-electron chi connectivity index (χ3n) is 11.3. The summed E-state index contributed by atoms with van der Waals surface area (Å²) in [6.07, 6.45) is 1.94. The zero-order valence-corrected chi connectivity index (χ0v) is 47.4. The molecular weight excluding hydrogens is 1190 g/mol. The van der Waals surface area contributed by atoms with Crippen LogP contribution < -0.4 is 53.2 Å². The number of fused-ring (bicyclic) bond motifs is 13. The van der Waals surface area contributed by atoms with Gasteiger partial charge in [-0.3, -0.25) is 47.9 Å². The second-order valence-electron chi connectivity index (χ2n) is 17.6. The maximum Gasteiger partial charge on any atom is 0.351 e. The molecule has 31 nitrogen and oxygen atoms in total. The molecule has 0 radical (unpaired) electrons. The van der Waals surface area contributed by atoms with Crippen LogP contribution in [0.4, 0.5) is 0 Å². The van der Waals surface area contributed by atoms with Crippen molar-refractivity contribution in [1.29, 1.82) is 0 Å². The minimum absolute atomic E-state index is 0.0187. The summed E-state index contributed by atoms with van der Waals surface area (Å²) in [5.74, 6) is -11.7. The van der Waals surface area contributed by atoms with Gasteiger partial charge in [-0.1, -0.05) is 45.5 Å². The maximum atomic E-state index is 13.8. The number of carbonyl (C=O) groups is 11. The molecule has 0 saturated heterocycles. The van der Waals surface area contributed by atoms with Crippen LogP contribution in [-0.4, -0.2) is 117 Å². The summed E-state index contributed by atoms with van der Waals surface area (Å²) < 4.78 is 11.1. The van der Waals surface area contributed by atoms with Gasteiger partial charge in [0.25, 0.3) is 53.2 Å². The molecule has 1 aliphatic heterocycles. The van der Waals surface area contributed by atoms with Crippen molar-refractivity contribution < 1.29 is 71.8 Å². The van der Waals surface area contributed by atoms with Crippen LogP contribution in [0, 0.1) is 0 Å². The smallest absolute Gasteiger partial charge is 0.351 e. The van der Waals surface area contributed by atoms with Crippen LogP contribution in [0.3, 0.4) is 0 Å². The van der Waals surface area contributed by atoms with E-state index in [1.54, 1.807) is 6.92 Å². The molecule has 7 rings (SSSR count). The monoisotopic (exact) mass is 1230 g/mol. The van der Waals surface area contributed by atoms with Crippen molar-refractivity contribution in [3.63, 3.8) is 0 Å². The standard InChI is InChI=1S/C52H46N16O15S3/c1-10-28-49-65-31(15-83-49)42(74)53-13-35-61-32(16-84-35)44(76)59-24(7)50-66-33(17-85-50)45(77)57-22(5)40(72)58-23(6)48-64-30(14-82-48)37-27(51-67-34(18-86-51)46(78)68-36(26(9)69)47(79)63-28)11-12-29(62-37)43(75)56-21(4)39(71)54-19(2)38(70)55-20(3)41(73)60-25(8)52(80)81/h10-12,14-18,24,26,36,69H,2-6,8,13H2,1,7,9H3,(H,53,74)(H,54,71)(H,55,70)(H,56,75)(H,57,77)(H,58,72)(H,59,76)(H,60,73)(H,63,79)(H,68,78)(H,80,81)/b28-10+/t24?,26?,36-/m0/s1/i46+1,49+1. The highest BCUT2D eigenvalue weighted by Crippen LogP contribution is 2.34. The molecular formula is C52H46N16O15S3. The Labute approximate surface area is 495 Å². The highest BCUT2D eigenvalue weighted by Gasteiger charge is 2.31. The molecule has 12 N–H and O–H groups in total. The predicted molar refractivity (Wildman–Crippen MR) is 303 cm³/mol. The van der Waals surface area contributed by atoms with E-state index in [2.05, 4.69) is 112 Å². The summed E-state index contributed by atoms with van der Waals surface area (Å²) in [5, 5.41) is 47.8. The first-order chi connectivity index (χ1) is 40.7. The lowest BCUT2D eigenvalue weighted by atomic mass is 10.1. The quantitative estimate of drug-likeness (QED) is 0.0681. The number of aliphatic hydroxyl groups is 1. The van der Waals surface area contributed by atoms with Gasteiger partial charge in [-0.25, -0.2) is 34.7 Å². The number of carboxylic acid groups (broad SMARTS) is 1. The van der Waals surface area contributed by atoms with E-state index in [0.717, 1.165) is 46.5 Å². The van der Waals surface area contributed by atoms with E-state index in [1.807, 2.05) is 10.6 Å². The first-order valence-corrected chi connectivity index (χ1v) is 26.9. The number of hydrogen-bond acceptors (Lipinski definition) is 23. The van der Waals surface area contributed by atoms with E-state index in [4.69, 9.17) is 13.9 Å². The zero-order valence-electron chi connectivity index (χ0n) is 44.9. The van der Waals surface area contributed by atoms with Crippen LogP contribution in [-0.2, 0) is 35.3 Å². The number of nitrogens with one attached hydrogen (secondary N) is 10. The number of oxazole rings is 2. The number of carboxylic acids is 1. The fourth-order valence-electron chi connectivity index (χ4n) is 6.81. The molecule has 0 fully saturated rings. The summed E-state index contributed by atoms with van der Waals surface area (Å²) in [5.41, 5.74) is -4.74. The van der Waals surface area contributed by atoms with Crippen molar-refractivity contribution >= 4 is 110 Å². The number of amides is 10. The lowest BCUT2D eigenvalue weighted by Crippen LogP contribution is -2.52. The van der Waals surface area contributed by atoms with Crippen LogP contribution in [0.15, 0.2) is 124 Å². The summed E-state index contributed by atoms with van der Waals surface area (Å²) in [4.78, 5) is 169. The average molecular weight is 1230 g/mol. The van der Waals surface area contributed by atoms with Crippen molar-refractivity contribution in [3.8, 4) is 22.0 Å². The molecule has 0 aromatic carbocycles. The maximum absolute atomic E-state index is 13.8. The van der Waals surface area contributed by atoms with E-state index >= 15 is 0 Å². The molecule has 34 heteroatoms. The van der Waals surface area contributed by atoms with Crippen molar-refractivity contribution in [2.24, 2.45) is 0 Å². The molecule has 6 aromatic rings. The van der Waals surface area contributed by atoms with Crippen molar-refractivity contribution in [1.82, 2.24) is 83.1 Å². The van der Waals surface area contributed by atoms with Gasteiger partial charge in [0.2, 0.25) is 17.7 Å². The lowest BCUT2D eigenvalue weighted by molar-refractivity contribution is -0.134. The largest absolute Gasteiger partial charge is 0.477 e. The second-order valence-corrected chi connectivity index (χ2v) is 20.3. The van der Waals surface area contributed by atoms with Gasteiger partial charge in [0.15, 0.2) is 5.69 Å². The zero-order chi connectivity index (χ0) is 62.8. The molecule has 86 heavy (non-hydrogen) atoms. The average Bonchev–Trinajstić information content (AvgIpc) is 4.19. The third-order valence-corrected chi connectivity index (χ3v) is 14.0. The minimum Gasteiger partial charge on any atom is -0.477 e. The van der Waals surface area contributed by atoms with Gasteiger partial charge in [0, 0.05) is 21.7 Å². The predicted octanol–water partition coefficient (Wildman–Crippen LogP) is 1.40. The molecule has 0 saturated carbocycles. The Balaban J connectivity index is 1.15. The molecule has 1 aliphatic rings. The Hall–Kier alpha value is -11.2. The fourth-order valence-corrected chi connectivity index (χ4v) is 9.16. The number of thiazole rings is 3. The summed E-state index contributed by atoms with van der Waals surface area (Å²) in [6, 6.07) is 0.142. The Bertz CT molecular complexity index is 3950. The van der Waals surface area contributed by atoms with E-state index in [9.17, 15) is 57.8 Å². The molecule has 0 spiro atoms. The summed E-state index contributed by atoms with van der Waals surface area (Å²) in [7, 11) is 0. The first kappa shape index (κ1) is 62.4. The van der Waals surface area contributed by atoms with E-state index in [0.29, 0.717) is 10.0 Å². The van der Waals surface area contributed by atoms with E-state index in [-0.39, 0.29) is 74.5 Å². The lowest BCUT2D eigenvalue weighted by Gasteiger charge is -2.20. The van der Waals surface area contributed by atoms with Crippen molar-refractivity contribution in [2.75, 3.05) is 0 Å². The Morgan fingerprint density at radius 1 is 0.651 bits per heavy atom. The molecule has 2 unspecified atom stereocenters. The summed E-state index contributed by atoms with van der Waals surface area (Å²) >= 11 is 2.99. The number of aliphatic hydroxyl groups excluding tert-OH is 1. The van der Waals surface area contributed by atoms with Gasteiger partial charge >= 0.3 is 5.97 Å². The highest BCUT2D eigenvalue weighted by molar-refractivity contribution is 7.13. The van der Waals surface area contributed by atoms with Crippen LogP contribution >= 0.6 is 34.0 Å². The van der Waals surface area contributed by atoms with Gasteiger partial charge in [-0.15, -0.1) is 34.0 Å². The SMILES string of the molecule is C=C(NC(=O)C(=C)NC(=O)C(=C)NC(=O)C(=C)NC(=O)c1ccc2c(n1)-c1coc(n1)C(=C)NC(=O)C(=C)NC(=O)c1csc(n1)C(C)NC(=O)c1csc(n1)CNC(=O)c1co[13c](n1)/C(=C\C)NC(=O)[C@H](C(C)O)N[13C](=O)c1csc-2n1)C(=O)O. The number of allylic oxidation sites excluding steroid dienone is 1. The molecule has 7 heterocycles. The van der Waals surface area contributed by atoms with Gasteiger partial charge in [0.05, 0.1) is 52.9 Å². The topological polar surface area (TPSA) is 452 Å². The molecule has 6 aromatic heterocycles. The number of aliphatic carboxylic acids is 1. The minimum atomic E-state index is -1.63. The van der Waals surface area contributed by atoms with E-state index in [1.165, 1.54) is 48.2 Å². The number of carbonyl (C=O) groups excluding carboxylic acids is 10. The molecule has 442 valence electrons.